The largest absolute Gasteiger partial charge is 0.433 e. The molecule has 2 heterocycles. The third kappa shape index (κ3) is 1.58. The van der Waals surface area contributed by atoms with Gasteiger partial charge in [0.1, 0.15) is 11.3 Å². The van der Waals surface area contributed by atoms with Crippen LogP contribution in [0, 0.1) is 6.92 Å². The average molecular weight is 214 g/mol. The van der Waals surface area contributed by atoms with Crippen molar-refractivity contribution < 1.29 is 13.2 Å². The zero-order chi connectivity index (χ0) is 11.2. The SMILES string of the molecule is Cc1cn(C)c2nc(C(F)(F)F)ccc12. The van der Waals surface area contributed by atoms with Crippen LogP contribution in [-0.2, 0) is 13.2 Å². The molecule has 0 aromatic carbocycles. The smallest absolute Gasteiger partial charge is 0.335 e. The minimum absolute atomic E-state index is 0.363. The van der Waals surface area contributed by atoms with Crippen LogP contribution in [0.4, 0.5) is 13.2 Å². The number of aryl methyl sites for hydroxylation is 2. The maximum absolute atomic E-state index is 12.4. The molecular weight excluding hydrogens is 205 g/mol. The Hall–Kier alpha value is -1.52. The van der Waals surface area contributed by atoms with Crippen molar-refractivity contribution in [2.75, 3.05) is 0 Å². The van der Waals surface area contributed by atoms with Crippen molar-refractivity contribution in [3.05, 3.63) is 29.6 Å². The van der Waals surface area contributed by atoms with Crippen molar-refractivity contribution in [2.45, 2.75) is 13.1 Å². The number of halogens is 3. The molecule has 80 valence electrons. The van der Waals surface area contributed by atoms with Gasteiger partial charge < -0.3 is 4.57 Å². The summed E-state index contributed by atoms with van der Waals surface area (Å²) in [6, 6.07) is 2.47. The molecule has 0 aliphatic carbocycles. The first kappa shape index (κ1) is 10.0. The summed E-state index contributed by atoms with van der Waals surface area (Å²) >= 11 is 0. The molecule has 0 fully saturated rings. The van der Waals surface area contributed by atoms with Crippen LogP contribution < -0.4 is 0 Å². The fourth-order valence-electron chi connectivity index (χ4n) is 1.60. The Balaban J connectivity index is 2.71. The number of aromatic nitrogens is 2. The fraction of sp³-hybridized carbons (Fsp3) is 0.300. The molecule has 0 N–H and O–H groups in total. The minimum Gasteiger partial charge on any atom is -0.335 e. The van der Waals surface area contributed by atoms with Crippen molar-refractivity contribution in [1.82, 2.24) is 9.55 Å². The van der Waals surface area contributed by atoms with Gasteiger partial charge in [0.2, 0.25) is 0 Å². The van der Waals surface area contributed by atoms with E-state index in [-0.39, 0.29) is 0 Å². The van der Waals surface area contributed by atoms with E-state index in [1.54, 1.807) is 17.8 Å². The summed E-state index contributed by atoms with van der Waals surface area (Å²) in [7, 11) is 1.68. The zero-order valence-electron chi connectivity index (χ0n) is 8.26. The third-order valence-electron chi connectivity index (χ3n) is 2.31. The maximum Gasteiger partial charge on any atom is 0.433 e. The third-order valence-corrected chi connectivity index (χ3v) is 2.31. The summed E-state index contributed by atoms with van der Waals surface area (Å²) in [5.41, 5.74) is 0.437. The van der Waals surface area contributed by atoms with E-state index in [1.807, 2.05) is 6.92 Å². The summed E-state index contributed by atoms with van der Waals surface area (Å²) in [4.78, 5) is 3.60. The summed E-state index contributed by atoms with van der Waals surface area (Å²) in [5, 5.41) is 0.755. The van der Waals surface area contributed by atoms with Gasteiger partial charge in [-0.3, -0.25) is 0 Å². The molecule has 0 radical (unpaired) electrons. The molecule has 0 saturated carbocycles. The van der Waals surface area contributed by atoms with Crippen LogP contribution in [0.15, 0.2) is 18.3 Å². The van der Waals surface area contributed by atoms with Crippen LogP contribution in [0.2, 0.25) is 0 Å². The van der Waals surface area contributed by atoms with E-state index < -0.39 is 11.9 Å². The Morgan fingerprint density at radius 1 is 1.27 bits per heavy atom. The van der Waals surface area contributed by atoms with Crippen molar-refractivity contribution in [3.8, 4) is 0 Å². The highest BCUT2D eigenvalue weighted by Crippen LogP contribution is 2.29. The van der Waals surface area contributed by atoms with Gasteiger partial charge in [0, 0.05) is 18.6 Å². The van der Waals surface area contributed by atoms with Crippen molar-refractivity contribution >= 4 is 11.0 Å². The standard InChI is InChI=1S/C10H9F3N2/c1-6-5-15(2)9-7(6)3-4-8(14-9)10(11,12)13/h3-5H,1-2H3. The number of hydrogen-bond acceptors (Lipinski definition) is 1. The monoisotopic (exact) mass is 214 g/mol. The normalized spacial score (nSPS) is 12.3. The highest BCUT2D eigenvalue weighted by Gasteiger charge is 2.32. The molecule has 0 aliphatic rings. The van der Waals surface area contributed by atoms with E-state index in [0.29, 0.717) is 5.65 Å². The molecule has 15 heavy (non-hydrogen) atoms. The first-order chi connectivity index (χ1) is 6.89. The second kappa shape index (κ2) is 2.98. The fourth-order valence-corrected chi connectivity index (χ4v) is 1.60. The van der Waals surface area contributed by atoms with E-state index in [9.17, 15) is 13.2 Å². The lowest BCUT2D eigenvalue weighted by molar-refractivity contribution is -0.141. The van der Waals surface area contributed by atoms with E-state index in [4.69, 9.17) is 0 Å². The molecule has 2 aromatic rings. The predicted octanol–water partition coefficient (Wildman–Crippen LogP) is 2.90. The Morgan fingerprint density at radius 2 is 1.93 bits per heavy atom. The minimum atomic E-state index is -4.38. The second-order valence-electron chi connectivity index (χ2n) is 3.49. The number of alkyl halides is 3. The topological polar surface area (TPSA) is 17.8 Å². The van der Waals surface area contributed by atoms with Crippen molar-refractivity contribution in [1.29, 1.82) is 0 Å². The summed E-state index contributed by atoms with van der Waals surface area (Å²) in [6.07, 6.45) is -2.62. The van der Waals surface area contributed by atoms with Gasteiger partial charge in [0.15, 0.2) is 0 Å². The van der Waals surface area contributed by atoms with Crippen LogP contribution >= 0.6 is 0 Å². The lowest BCUT2D eigenvalue weighted by Crippen LogP contribution is -2.08. The number of nitrogens with zero attached hydrogens (tertiary/aromatic N) is 2. The van der Waals surface area contributed by atoms with Crippen LogP contribution in [0.1, 0.15) is 11.3 Å². The Kier molecular flexibility index (Phi) is 1.99. The van der Waals surface area contributed by atoms with Gasteiger partial charge in [-0.15, -0.1) is 0 Å². The van der Waals surface area contributed by atoms with Gasteiger partial charge in [-0.25, -0.2) is 4.98 Å². The first-order valence-electron chi connectivity index (χ1n) is 4.39. The zero-order valence-corrected chi connectivity index (χ0v) is 8.26. The number of rotatable bonds is 0. The average Bonchev–Trinajstić information content (AvgIpc) is 2.41. The predicted molar refractivity (Wildman–Crippen MR) is 50.5 cm³/mol. The Labute approximate surface area is 84.3 Å². The molecule has 0 saturated heterocycles. The van der Waals surface area contributed by atoms with Crippen molar-refractivity contribution in [3.63, 3.8) is 0 Å². The number of pyridine rings is 1. The van der Waals surface area contributed by atoms with Gasteiger partial charge >= 0.3 is 6.18 Å². The lowest BCUT2D eigenvalue weighted by Gasteiger charge is -2.05. The van der Waals surface area contributed by atoms with E-state index in [2.05, 4.69) is 4.98 Å². The molecule has 0 bridgehead atoms. The van der Waals surface area contributed by atoms with Crippen LogP contribution in [0.3, 0.4) is 0 Å². The summed E-state index contributed by atoms with van der Waals surface area (Å²) < 4.78 is 38.7. The Morgan fingerprint density at radius 3 is 2.53 bits per heavy atom. The van der Waals surface area contributed by atoms with Gasteiger partial charge in [-0.1, -0.05) is 0 Å². The van der Waals surface area contributed by atoms with Gasteiger partial charge in [-0.05, 0) is 24.6 Å². The maximum atomic E-state index is 12.4. The molecule has 0 aliphatic heterocycles. The molecule has 0 spiro atoms. The molecule has 0 amide bonds. The highest BCUT2D eigenvalue weighted by molar-refractivity contribution is 5.80. The van der Waals surface area contributed by atoms with Crippen LogP contribution in [-0.4, -0.2) is 9.55 Å². The van der Waals surface area contributed by atoms with E-state index in [1.165, 1.54) is 6.07 Å². The number of hydrogen-bond donors (Lipinski definition) is 0. The van der Waals surface area contributed by atoms with E-state index in [0.717, 1.165) is 17.0 Å². The van der Waals surface area contributed by atoms with Crippen LogP contribution in [0.25, 0.3) is 11.0 Å². The van der Waals surface area contributed by atoms with Gasteiger partial charge in [0.05, 0.1) is 0 Å². The molecule has 0 unspecified atom stereocenters. The van der Waals surface area contributed by atoms with Gasteiger partial charge in [0.25, 0.3) is 0 Å². The molecule has 0 atom stereocenters. The van der Waals surface area contributed by atoms with E-state index >= 15 is 0 Å². The first-order valence-corrected chi connectivity index (χ1v) is 4.39. The van der Waals surface area contributed by atoms with Crippen LogP contribution in [0.5, 0.6) is 0 Å². The second-order valence-corrected chi connectivity index (χ2v) is 3.49. The molecular formula is C10H9F3N2. The van der Waals surface area contributed by atoms with Gasteiger partial charge in [-0.2, -0.15) is 13.2 Å². The number of fused-ring (bicyclic) bond motifs is 1. The lowest BCUT2D eigenvalue weighted by atomic mass is 10.2. The molecule has 5 heteroatoms. The summed E-state index contributed by atoms with van der Waals surface area (Å²) in [5.74, 6) is 0. The quantitative estimate of drug-likeness (QED) is 0.659. The highest BCUT2D eigenvalue weighted by atomic mass is 19.4. The molecule has 2 rings (SSSR count). The molecule has 2 nitrogen and oxygen atoms in total. The van der Waals surface area contributed by atoms with Crippen molar-refractivity contribution in [2.24, 2.45) is 7.05 Å². The summed E-state index contributed by atoms with van der Waals surface area (Å²) in [6.45, 7) is 1.84. The molecule has 2 aromatic heterocycles. The Bertz CT molecular complexity index is 511.